The molecule has 0 saturated carbocycles. The molecule has 1 aromatic rings. The van der Waals surface area contributed by atoms with Gasteiger partial charge in [0.2, 0.25) is 0 Å². The summed E-state index contributed by atoms with van der Waals surface area (Å²) >= 11 is 8.99. The quantitative estimate of drug-likeness (QED) is 0.891. The Morgan fingerprint density at radius 2 is 2.56 bits per heavy atom. The van der Waals surface area contributed by atoms with Gasteiger partial charge in [-0.05, 0) is 6.92 Å². The van der Waals surface area contributed by atoms with E-state index in [4.69, 9.17) is 16.7 Å². The predicted molar refractivity (Wildman–Crippen MR) is 69.0 cm³/mol. The molecule has 0 radical (unpaired) electrons. The fourth-order valence-electron chi connectivity index (χ4n) is 1.38. The van der Waals surface area contributed by atoms with E-state index < -0.39 is 5.97 Å². The second kappa shape index (κ2) is 4.65. The summed E-state index contributed by atoms with van der Waals surface area (Å²) in [5.41, 5.74) is 0.901. The van der Waals surface area contributed by atoms with Crippen LogP contribution in [-0.2, 0) is 4.79 Å². The van der Waals surface area contributed by atoms with Gasteiger partial charge in [0, 0.05) is 10.4 Å². The Balaban J connectivity index is 2.25. The third-order valence-electron chi connectivity index (χ3n) is 2.06. The lowest BCUT2D eigenvalue weighted by Gasteiger charge is -2.16. The molecule has 2 heterocycles. The van der Waals surface area contributed by atoms with Crippen LogP contribution in [0.25, 0.3) is 0 Å². The zero-order chi connectivity index (χ0) is 11.7. The molecule has 0 amide bonds. The van der Waals surface area contributed by atoms with E-state index in [1.807, 2.05) is 6.92 Å². The first-order chi connectivity index (χ1) is 7.59. The zero-order valence-electron chi connectivity index (χ0n) is 8.36. The minimum Gasteiger partial charge on any atom is -0.481 e. The van der Waals surface area contributed by atoms with E-state index >= 15 is 0 Å². The number of nitrogens with one attached hydrogen (secondary N) is 1. The van der Waals surface area contributed by atoms with Crippen molar-refractivity contribution in [2.45, 2.75) is 12.3 Å². The van der Waals surface area contributed by atoms with E-state index in [0.717, 1.165) is 15.4 Å². The number of rotatable bonds is 3. The van der Waals surface area contributed by atoms with E-state index in [1.54, 1.807) is 17.7 Å². The summed E-state index contributed by atoms with van der Waals surface area (Å²) in [6, 6.07) is 0. The summed E-state index contributed by atoms with van der Waals surface area (Å²) in [7, 11) is 0. The summed E-state index contributed by atoms with van der Waals surface area (Å²) in [6.07, 6.45) is 1.59. The molecule has 16 heavy (non-hydrogen) atoms. The van der Waals surface area contributed by atoms with Crippen LogP contribution >= 0.6 is 34.7 Å². The molecular formula is C9H9ClN2O2S2. The average molecular weight is 277 g/mol. The summed E-state index contributed by atoms with van der Waals surface area (Å²) in [5, 5.41) is 13.1. The molecule has 2 rings (SSSR count). The highest BCUT2D eigenvalue weighted by Gasteiger charge is 2.25. The van der Waals surface area contributed by atoms with Crippen LogP contribution in [0.15, 0.2) is 4.99 Å². The molecule has 0 bridgehead atoms. The van der Waals surface area contributed by atoms with Crippen molar-refractivity contribution in [2.24, 2.45) is 4.99 Å². The number of fused-ring (bicyclic) bond motifs is 1. The zero-order valence-corrected chi connectivity index (χ0v) is 10.7. The van der Waals surface area contributed by atoms with E-state index in [1.165, 1.54) is 11.8 Å². The number of aliphatic carboxylic acids is 1. The summed E-state index contributed by atoms with van der Waals surface area (Å²) in [5.74, 6) is -0.824. The van der Waals surface area contributed by atoms with E-state index in [0.29, 0.717) is 5.02 Å². The first-order valence-electron chi connectivity index (χ1n) is 4.50. The molecular weight excluding hydrogens is 268 g/mol. The van der Waals surface area contributed by atoms with Gasteiger partial charge in [-0.3, -0.25) is 9.79 Å². The van der Waals surface area contributed by atoms with Crippen LogP contribution < -0.4 is 5.32 Å². The fraction of sp³-hybridized carbons (Fsp3) is 0.333. The Labute approximate surface area is 106 Å². The number of carboxylic acid groups (broad SMARTS) is 1. The second-order valence-corrected chi connectivity index (χ2v) is 5.87. The Hall–Kier alpha value is -0.720. The maximum atomic E-state index is 10.5. The first-order valence-corrected chi connectivity index (χ1v) is 6.74. The maximum Gasteiger partial charge on any atom is 0.313 e. The van der Waals surface area contributed by atoms with Crippen molar-refractivity contribution in [2.75, 3.05) is 11.1 Å². The van der Waals surface area contributed by atoms with Gasteiger partial charge in [0.15, 0.2) is 0 Å². The lowest BCUT2D eigenvalue weighted by atomic mass is 10.2. The van der Waals surface area contributed by atoms with Gasteiger partial charge in [0.05, 0.1) is 17.1 Å². The molecule has 0 unspecified atom stereocenters. The Morgan fingerprint density at radius 1 is 1.81 bits per heavy atom. The van der Waals surface area contributed by atoms with Crippen LogP contribution in [-0.4, -0.2) is 23.2 Å². The van der Waals surface area contributed by atoms with Crippen molar-refractivity contribution in [1.29, 1.82) is 0 Å². The Morgan fingerprint density at radius 3 is 3.25 bits per heavy atom. The molecule has 0 aliphatic carbocycles. The Bertz CT molecular complexity index is 459. The molecule has 1 atom stereocenters. The second-order valence-electron chi connectivity index (χ2n) is 3.19. The number of aliphatic imine (C=N–C) groups is 1. The number of nitrogens with zero attached hydrogens (tertiary/aromatic N) is 1. The number of halogens is 1. The van der Waals surface area contributed by atoms with E-state index in [9.17, 15) is 4.79 Å². The summed E-state index contributed by atoms with van der Waals surface area (Å²) < 4.78 is 0. The standard InChI is InChI=1S/C9H9ClN2O2S2/c1-4-7(10)6-8(15-2-5(13)14)11-3-12-9(6)16-4/h3,8H,2H2,1H3,(H,11,12)(H,13,14)/t8-/m0/s1. The van der Waals surface area contributed by atoms with Crippen molar-refractivity contribution in [1.82, 2.24) is 0 Å². The van der Waals surface area contributed by atoms with Gasteiger partial charge in [-0.1, -0.05) is 11.6 Å². The van der Waals surface area contributed by atoms with Crippen molar-refractivity contribution in [3.63, 3.8) is 0 Å². The number of aryl methyl sites for hydroxylation is 1. The van der Waals surface area contributed by atoms with Crippen LogP contribution in [0, 0.1) is 6.92 Å². The van der Waals surface area contributed by atoms with Crippen molar-refractivity contribution < 1.29 is 9.90 Å². The molecule has 7 heteroatoms. The fourth-order valence-corrected chi connectivity index (χ4v) is 3.68. The van der Waals surface area contributed by atoms with Gasteiger partial charge in [0.25, 0.3) is 0 Å². The van der Waals surface area contributed by atoms with Gasteiger partial charge >= 0.3 is 5.97 Å². The monoisotopic (exact) mass is 276 g/mol. The molecule has 2 N–H and O–H groups in total. The topological polar surface area (TPSA) is 61.7 Å². The number of hydrogen-bond donors (Lipinski definition) is 2. The van der Waals surface area contributed by atoms with E-state index in [2.05, 4.69) is 10.3 Å². The highest BCUT2D eigenvalue weighted by molar-refractivity contribution is 8.00. The highest BCUT2D eigenvalue weighted by Crippen LogP contribution is 2.46. The maximum absolute atomic E-state index is 10.5. The van der Waals surface area contributed by atoms with Gasteiger partial charge in [0.1, 0.15) is 10.4 Å². The number of carbonyl (C=O) groups is 1. The average Bonchev–Trinajstić information content (AvgIpc) is 2.52. The van der Waals surface area contributed by atoms with Crippen LogP contribution in [0.1, 0.15) is 15.8 Å². The van der Waals surface area contributed by atoms with Gasteiger partial charge < -0.3 is 10.4 Å². The van der Waals surface area contributed by atoms with Crippen molar-refractivity contribution >= 4 is 52.0 Å². The molecule has 0 fully saturated rings. The molecule has 0 spiro atoms. The molecule has 86 valence electrons. The van der Waals surface area contributed by atoms with Crippen LogP contribution in [0.4, 0.5) is 5.00 Å². The predicted octanol–water partition coefficient (Wildman–Crippen LogP) is 2.98. The molecule has 1 aromatic heterocycles. The summed E-state index contributed by atoms with van der Waals surface area (Å²) in [6.45, 7) is 1.94. The number of carboxylic acids is 1. The smallest absolute Gasteiger partial charge is 0.313 e. The number of thiophene rings is 1. The molecule has 0 aromatic carbocycles. The van der Waals surface area contributed by atoms with Gasteiger partial charge in [-0.25, -0.2) is 0 Å². The third kappa shape index (κ3) is 2.18. The van der Waals surface area contributed by atoms with Crippen LogP contribution in [0.5, 0.6) is 0 Å². The third-order valence-corrected chi connectivity index (χ3v) is 4.80. The minimum absolute atomic E-state index is 0.0205. The molecule has 0 saturated heterocycles. The lowest BCUT2D eigenvalue weighted by Crippen LogP contribution is -2.08. The molecule has 1 aliphatic heterocycles. The van der Waals surface area contributed by atoms with Gasteiger partial charge in [-0.2, -0.15) is 0 Å². The van der Waals surface area contributed by atoms with Crippen molar-refractivity contribution in [3.8, 4) is 0 Å². The number of anilines is 1. The van der Waals surface area contributed by atoms with Crippen molar-refractivity contribution in [3.05, 3.63) is 15.5 Å². The first kappa shape index (κ1) is 11.8. The van der Waals surface area contributed by atoms with Gasteiger partial charge in [-0.15, -0.1) is 23.1 Å². The number of thioether (sulfide) groups is 1. The van der Waals surface area contributed by atoms with Crippen LogP contribution in [0.3, 0.4) is 0 Å². The highest BCUT2D eigenvalue weighted by atomic mass is 35.5. The molecule has 4 nitrogen and oxygen atoms in total. The summed E-state index contributed by atoms with van der Waals surface area (Å²) in [4.78, 5) is 15.7. The van der Waals surface area contributed by atoms with E-state index in [-0.39, 0.29) is 11.1 Å². The number of hydrogen-bond acceptors (Lipinski definition) is 5. The minimum atomic E-state index is -0.844. The Kier molecular flexibility index (Phi) is 3.41. The molecule has 1 aliphatic rings. The normalized spacial score (nSPS) is 18.0. The van der Waals surface area contributed by atoms with Crippen LogP contribution in [0.2, 0.25) is 5.02 Å². The lowest BCUT2D eigenvalue weighted by molar-refractivity contribution is -0.133. The SMILES string of the molecule is Cc1sc2c(c1Cl)[C@H](SCC(=O)O)N=CN2. The largest absolute Gasteiger partial charge is 0.481 e.